The highest BCUT2D eigenvalue weighted by Crippen LogP contribution is 2.37. The van der Waals surface area contributed by atoms with Gasteiger partial charge in [-0.25, -0.2) is 15.0 Å². The lowest BCUT2D eigenvalue weighted by Crippen LogP contribution is -2.49. The van der Waals surface area contributed by atoms with E-state index in [9.17, 15) is 4.79 Å². The molecule has 32 heavy (non-hydrogen) atoms. The van der Waals surface area contributed by atoms with Gasteiger partial charge in [-0.1, -0.05) is 24.3 Å². The Balaban J connectivity index is 1.40. The van der Waals surface area contributed by atoms with Gasteiger partial charge in [0.05, 0.1) is 10.3 Å². The molecule has 5 rings (SSSR count). The van der Waals surface area contributed by atoms with Gasteiger partial charge in [-0.2, -0.15) is 0 Å². The lowest BCUT2D eigenvalue weighted by molar-refractivity contribution is 0.0751. The highest BCUT2D eigenvalue weighted by molar-refractivity contribution is 7.20. The van der Waals surface area contributed by atoms with Gasteiger partial charge >= 0.3 is 0 Å². The van der Waals surface area contributed by atoms with Crippen LogP contribution in [0.3, 0.4) is 0 Å². The van der Waals surface area contributed by atoms with Crippen LogP contribution in [-0.4, -0.2) is 59.0 Å². The Kier molecular flexibility index (Phi) is 5.45. The van der Waals surface area contributed by atoms with Crippen LogP contribution >= 0.6 is 11.3 Å². The van der Waals surface area contributed by atoms with Crippen LogP contribution in [0.15, 0.2) is 61.1 Å². The van der Waals surface area contributed by atoms with E-state index in [4.69, 9.17) is 0 Å². The maximum Gasteiger partial charge on any atom is 0.264 e. The Hall–Kier alpha value is -3.52. The van der Waals surface area contributed by atoms with Crippen LogP contribution < -0.4 is 9.80 Å². The third kappa shape index (κ3) is 3.67. The standard InChI is InChI=1S/C24H24N6OS/c1-17-20-22(28(2)18-8-4-3-5-9-18)26-16-27-23(20)32-21(17)24(31)30-14-12-29(13-15-30)19-10-6-7-11-25-19/h3-11,16H,12-15H2,1-2H3. The molecule has 4 aromatic rings. The molecule has 7 nitrogen and oxygen atoms in total. The van der Waals surface area contributed by atoms with Crippen molar-refractivity contribution in [3.05, 3.63) is 71.5 Å². The van der Waals surface area contributed by atoms with Crippen LogP contribution in [0.25, 0.3) is 10.2 Å². The van der Waals surface area contributed by atoms with Crippen LogP contribution in [0.2, 0.25) is 0 Å². The average molecular weight is 445 g/mol. The number of benzene rings is 1. The number of rotatable bonds is 4. The number of para-hydroxylation sites is 1. The molecule has 1 amide bonds. The summed E-state index contributed by atoms with van der Waals surface area (Å²) in [5, 5.41) is 0.944. The van der Waals surface area contributed by atoms with E-state index < -0.39 is 0 Å². The van der Waals surface area contributed by atoms with Gasteiger partial charge in [-0.15, -0.1) is 11.3 Å². The first-order valence-electron chi connectivity index (χ1n) is 10.6. The van der Waals surface area contributed by atoms with Crippen LogP contribution in [0.4, 0.5) is 17.3 Å². The lowest BCUT2D eigenvalue weighted by Gasteiger charge is -2.35. The van der Waals surface area contributed by atoms with Crippen molar-refractivity contribution >= 4 is 44.8 Å². The topological polar surface area (TPSA) is 65.5 Å². The zero-order valence-electron chi connectivity index (χ0n) is 18.1. The number of carbonyl (C=O) groups excluding carboxylic acids is 1. The number of amides is 1. The summed E-state index contributed by atoms with van der Waals surface area (Å²) in [4.78, 5) is 34.7. The first-order chi connectivity index (χ1) is 15.6. The zero-order valence-corrected chi connectivity index (χ0v) is 18.9. The fourth-order valence-corrected chi connectivity index (χ4v) is 5.22. The minimum atomic E-state index is 0.0690. The number of pyridine rings is 1. The predicted molar refractivity (Wildman–Crippen MR) is 129 cm³/mol. The third-order valence-corrected chi connectivity index (χ3v) is 7.09. The molecule has 0 aliphatic carbocycles. The average Bonchev–Trinajstić information content (AvgIpc) is 3.21. The van der Waals surface area contributed by atoms with Gasteiger partial charge in [0.25, 0.3) is 5.91 Å². The van der Waals surface area contributed by atoms with E-state index in [0.717, 1.165) is 51.1 Å². The number of thiophene rings is 1. The number of piperazine rings is 1. The minimum absolute atomic E-state index is 0.0690. The molecule has 0 spiro atoms. The molecule has 0 unspecified atom stereocenters. The number of aromatic nitrogens is 3. The minimum Gasteiger partial charge on any atom is -0.353 e. The molecule has 4 heterocycles. The molecule has 1 aromatic carbocycles. The van der Waals surface area contributed by atoms with Crippen molar-refractivity contribution in [3.63, 3.8) is 0 Å². The van der Waals surface area contributed by atoms with Gasteiger partial charge in [0, 0.05) is 45.1 Å². The fourth-order valence-electron chi connectivity index (χ4n) is 4.11. The Morgan fingerprint density at radius 2 is 1.72 bits per heavy atom. The Morgan fingerprint density at radius 3 is 2.44 bits per heavy atom. The molecule has 0 N–H and O–H groups in total. The number of hydrogen-bond acceptors (Lipinski definition) is 7. The summed E-state index contributed by atoms with van der Waals surface area (Å²) in [6.45, 7) is 4.89. The second kappa shape index (κ2) is 8.55. The van der Waals surface area contributed by atoms with Crippen LogP contribution in [0, 0.1) is 6.92 Å². The number of nitrogens with zero attached hydrogens (tertiary/aromatic N) is 6. The van der Waals surface area contributed by atoms with Gasteiger partial charge in [0.2, 0.25) is 0 Å². The Labute approximate surface area is 191 Å². The molecule has 1 fully saturated rings. The summed E-state index contributed by atoms with van der Waals surface area (Å²) >= 11 is 1.45. The van der Waals surface area contributed by atoms with E-state index in [1.54, 1.807) is 12.5 Å². The highest BCUT2D eigenvalue weighted by Gasteiger charge is 2.27. The quantitative estimate of drug-likeness (QED) is 0.472. The van der Waals surface area contributed by atoms with Gasteiger partial charge < -0.3 is 14.7 Å². The molecule has 1 aliphatic rings. The normalized spacial score (nSPS) is 14.1. The van der Waals surface area contributed by atoms with Crippen molar-refractivity contribution in [2.24, 2.45) is 0 Å². The van der Waals surface area contributed by atoms with Crippen molar-refractivity contribution in [3.8, 4) is 0 Å². The first-order valence-corrected chi connectivity index (χ1v) is 11.4. The van der Waals surface area contributed by atoms with E-state index >= 15 is 0 Å². The van der Waals surface area contributed by atoms with Crippen molar-refractivity contribution in [1.82, 2.24) is 19.9 Å². The van der Waals surface area contributed by atoms with Crippen molar-refractivity contribution < 1.29 is 4.79 Å². The third-order valence-electron chi connectivity index (χ3n) is 5.90. The second-order valence-corrected chi connectivity index (χ2v) is 8.79. The predicted octanol–water partition coefficient (Wildman–Crippen LogP) is 4.13. The van der Waals surface area contributed by atoms with Crippen LogP contribution in [-0.2, 0) is 0 Å². The van der Waals surface area contributed by atoms with Crippen LogP contribution in [0.5, 0.6) is 0 Å². The molecule has 1 saturated heterocycles. The summed E-state index contributed by atoms with van der Waals surface area (Å²) < 4.78 is 0. The molecule has 0 bridgehead atoms. The van der Waals surface area contributed by atoms with Gasteiger partial charge in [0.1, 0.15) is 22.8 Å². The Morgan fingerprint density at radius 1 is 0.969 bits per heavy atom. The molecule has 0 radical (unpaired) electrons. The SMILES string of the molecule is Cc1c(C(=O)N2CCN(c3ccccn3)CC2)sc2ncnc(N(C)c3ccccc3)c12. The summed E-state index contributed by atoms with van der Waals surface area (Å²) in [7, 11) is 1.99. The van der Waals surface area contributed by atoms with Crippen molar-refractivity contribution in [2.45, 2.75) is 6.92 Å². The molecule has 162 valence electrons. The molecule has 3 aromatic heterocycles. The van der Waals surface area contributed by atoms with Gasteiger partial charge in [-0.05, 0) is 36.8 Å². The fraction of sp³-hybridized carbons (Fsp3) is 0.250. The molecular formula is C24H24N6OS. The summed E-state index contributed by atoms with van der Waals surface area (Å²) in [5.41, 5.74) is 1.98. The summed E-state index contributed by atoms with van der Waals surface area (Å²) in [6, 6.07) is 16.0. The van der Waals surface area contributed by atoms with E-state index in [0.29, 0.717) is 13.1 Å². The van der Waals surface area contributed by atoms with Crippen molar-refractivity contribution in [2.75, 3.05) is 43.0 Å². The van der Waals surface area contributed by atoms with E-state index in [1.165, 1.54) is 11.3 Å². The zero-order chi connectivity index (χ0) is 22.1. The smallest absolute Gasteiger partial charge is 0.264 e. The largest absolute Gasteiger partial charge is 0.353 e. The maximum absolute atomic E-state index is 13.4. The summed E-state index contributed by atoms with van der Waals surface area (Å²) in [6.07, 6.45) is 3.38. The highest BCUT2D eigenvalue weighted by atomic mass is 32.1. The molecule has 1 aliphatic heterocycles. The number of aryl methyl sites for hydroxylation is 1. The van der Waals surface area contributed by atoms with Crippen LogP contribution in [0.1, 0.15) is 15.2 Å². The second-order valence-electron chi connectivity index (χ2n) is 7.80. The summed E-state index contributed by atoms with van der Waals surface area (Å²) in [5.74, 6) is 1.84. The first kappa shape index (κ1) is 20.4. The number of hydrogen-bond donors (Lipinski definition) is 0. The maximum atomic E-state index is 13.4. The van der Waals surface area contributed by atoms with Crippen molar-refractivity contribution in [1.29, 1.82) is 0 Å². The monoisotopic (exact) mass is 444 g/mol. The number of fused-ring (bicyclic) bond motifs is 1. The van der Waals surface area contributed by atoms with E-state index in [2.05, 4.69) is 19.9 Å². The van der Waals surface area contributed by atoms with E-state index in [-0.39, 0.29) is 5.91 Å². The van der Waals surface area contributed by atoms with E-state index in [1.807, 2.05) is 72.3 Å². The van der Waals surface area contributed by atoms with Gasteiger partial charge in [0.15, 0.2) is 0 Å². The number of carbonyl (C=O) groups is 1. The lowest BCUT2D eigenvalue weighted by atomic mass is 10.1. The molecule has 0 atom stereocenters. The molecule has 8 heteroatoms. The molecule has 0 saturated carbocycles. The Bertz CT molecular complexity index is 1240. The molecular weight excluding hydrogens is 420 g/mol. The van der Waals surface area contributed by atoms with Gasteiger partial charge in [-0.3, -0.25) is 4.79 Å². The number of anilines is 3.